The minimum absolute atomic E-state index is 0.258. The van der Waals surface area contributed by atoms with Crippen LogP contribution >= 0.6 is 11.6 Å². The molecular formula is C12H14ClN5O. The van der Waals surface area contributed by atoms with Gasteiger partial charge >= 0.3 is 0 Å². The van der Waals surface area contributed by atoms with Gasteiger partial charge in [-0.2, -0.15) is 5.10 Å². The number of nitrogens with one attached hydrogen (secondary N) is 1. The van der Waals surface area contributed by atoms with Gasteiger partial charge in [0, 0.05) is 0 Å². The van der Waals surface area contributed by atoms with Gasteiger partial charge in [0.05, 0.1) is 16.8 Å². The maximum atomic E-state index is 11.9. The Morgan fingerprint density at radius 1 is 1.58 bits per heavy atom. The van der Waals surface area contributed by atoms with E-state index in [2.05, 4.69) is 15.4 Å². The quantitative estimate of drug-likeness (QED) is 0.890. The second kappa shape index (κ2) is 5.81. The van der Waals surface area contributed by atoms with Gasteiger partial charge in [-0.3, -0.25) is 4.79 Å². The summed E-state index contributed by atoms with van der Waals surface area (Å²) in [5.74, 6) is -0.258. The molecule has 0 saturated heterocycles. The van der Waals surface area contributed by atoms with E-state index in [1.807, 2.05) is 6.92 Å². The van der Waals surface area contributed by atoms with E-state index in [1.165, 1.54) is 17.3 Å². The van der Waals surface area contributed by atoms with Gasteiger partial charge in [0.25, 0.3) is 0 Å². The van der Waals surface area contributed by atoms with E-state index >= 15 is 0 Å². The minimum atomic E-state index is -0.553. The first-order valence-corrected chi connectivity index (χ1v) is 6.21. The summed E-state index contributed by atoms with van der Waals surface area (Å²) in [5, 5.41) is 7.24. The van der Waals surface area contributed by atoms with Gasteiger partial charge in [-0.05, 0) is 18.6 Å². The molecule has 1 atom stereocenters. The van der Waals surface area contributed by atoms with Crippen molar-refractivity contribution in [1.29, 1.82) is 0 Å². The Morgan fingerprint density at radius 2 is 2.37 bits per heavy atom. The van der Waals surface area contributed by atoms with Crippen LogP contribution in [0.4, 0.5) is 5.69 Å². The predicted octanol–water partition coefficient (Wildman–Crippen LogP) is 1.60. The van der Waals surface area contributed by atoms with Gasteiger partial charge in [-0.15, -0.1) is 0 Å². The fraction of sp³-hybridized carbons (Fsp3) is 0.250. The lowest BCUT2D eigenvalue weighted by Gasteiger charge is -2.14. The lowest BCUT2D eigenvalue weighted by molar-refractivity contribution is -0.117. The van der Waals surface area contributed by atoms with Crippen LogP contribution < -0.4 is 11.1 Å². The number of nitrogens with zero attached hydrogens (tertiary/aromatic N) is 3. The van der Waals surface area contributed by atoms with Crippen molar-refractivity contribution in [2.45, 2.75) is 19.4 Å². The molecular weight excluding hydrogens is 266 g/mol. The molecule has 1 amide bonds. The molecule has 0 fully saturated rings. The van der Waals surface area contributed by atoms with Crippen molar-refractivity contribution in [3.63, 3.8) is 0 Å². The fourth-order valence-electron chi connectivity index (χ4n) is 1.58. The summed E-state index contributed by atoms with van der Waals surface area (Å²) in [6.07, 6.45) is 3.47. The molecule has 1 aromatic carbocycles. The van der Waals surface area contributed by atoms with E-state index in [0.717, 1.165) is 0 Å². The average Bonchev–Trinajstić information content (AvgIpc) is 2.91. The summed E-state index contributed by atoms with van der Waals surface area (Å²) in [4.78, 5) is 15.7. The molecule has 100 valence electrons. The zero-order valence-corrected chi connectivity index (χ0v) is 11.1. The lowest BCUT2D eigenvalue weighted by atomic mass is 10.2. The zero-order valence-electron chi connectivity index (χ0n) is 10.4. The smallest absolute Gasteiger partial charge is 0.241 e. The number of amides is 1. The Kier molecular flexibility index (Phi) is 4.13. The zero-order chi connectivity index (χ0) is 13.8. The van der Waals surface area contributed by atoms with Gasteiger partial charge in [-0.25, -0.2) is 9.67 Å². The summed E-state index contributed by atoms with van der Waals surface area (Å²) in [7, 11) is 0. The van der Waals surface area contributed by atoms with Crippen LogP contribution in [0.2, 0.25) is 5.02 Å². The number of rotatable bonds is 4. The molecule has 0 unspecified atom stereocenters. The number of hydrogen-bond acceptors (Lipinski definition) is 4. The molecule has 0 aliphatic heterocycles. The Labute approximate surface area is 115 Å². The molecule has 1 heterocycles. The molecule has 19 heavy (non-hydrogen) atoms. The molecule has 6 nitrogen and oxygen atoms in total. The molecule has 0 aliphatic carbocycles. The first kappa shape index (κ1) is 13.5. The van der Waals surface area contributed by atoms with Crippen LogP contribution in [-0.4, -0.2) is 26.7 Å². The SMILES string of the molecule is CC[C@H](N)C(=O)Nc1cccc(Cl)c1-n1cncn1. The predicted molar refractivity (Wildman–Crippen MR) is 73.3 cm³/mol. The summed E-state index contributed by atoms with van der Waals surface area (Å²) in [6, 6.07) is 4.65. The number of carbonyl (C=O) groups excluding carboxylic acids is 1. The van der Waals surface area contributed by atoms with E-state index in [1.54, 1.807) is 18.2 Å². The Balaban J connectivity index is 2.36. The van der Waals surface area contributed by atoms with Crippen LogP contribution in [-0.2, 0) is 4.79 Å². The highest BCUT2D eigenvalue weighted by atomic mass is 35.5. The van der Waals surface area contributed by atoms with Crippen molar-refractivity contribution < 1.29 is 4.79 Å². The molecule has 0 bridgehead atoms. The van der Waals surface area contributed by atoms with Gasteiger partial charge in [0.2, 0.25) is 5.91 Å². The van der Waals surface area contributed by atoms with Crippen LogP contribution in [0.15, 0.2) is 30.9 Å². The highest BCUT2D eigenvalue weighted by molar-refractivity contribution is 6.33. The van der Waals surface area contributed by atoms with Crippen LogP contribution in [0, 0.1) is 0 Å². The van der Waals surface area contributed by atoms with Crippen LogP contribution in [0.1, 0.15) is 13.3 Å². The van der Waals surface area contributed by atoms with E-state index in [0.29, 0.717) is 22.8 Å². The number of benzene rings is 1. The molecule has 2 aromatic rings. The monoisotopic (exact) mass is 279 g/mol. The van der Waals surface area contributed by atoms with Crippen molar-refractivity contribution in [3.8, 4) is 5.69 Å². The maximum Gasteiger partial charge on any atom is 0.241 e. The highest BCUT2D eigenvalue weighted by Crippen LogP contribution is 2.27. The lowest BCUT2D eigenvalue weighted by Crippen LogP contribution is -2.35. The molecule has 1 aromatic heterocycles. The Bertz CT molecular complexity index is 570. The Hall–Kier alpha value is -1.92. The molecule has 0 spiro atoms. The summed E-state index contributed by atoms with van der Waals surface area (Å²) < 4.78 is 1.50. The third-order valence-corrected chi connectivity index (χ3v) is 2.97. The molecule has 3 N–H and O–H groups in total. The number of aromatic nitrogens is 3. The van der Waals surface area contributed by atoms with E-state index in [9.17, 15) is 4.79 Å². The van der Waals surface area contributed by atoms with E-state index in [4.69, 9.17) is 17.3 Å². The number of carbonyl (C=O) groups is 1. The molecule has 2 rings (SSSR count). The second-order valence-corrected chi connectivity index (χ2v) is 4.39. The average molecular weight is 280 g/mol. The Morgan fingerprint density at radius 3 is 3.00 bits per heavy atom. The van der Waals surface area contributed by atoms with Crippen molar-refractivity contribution in [3.05, 3.63) is 35.9 Å². The summed E-state index contributed by atoms with van der Waals surface area (Å²) in [5.41, 5.74) is 6.81. The van der Waals surface area contributed by atoms with E-state index < -0.39 is 6.04 Å². The molecule has 0 saturated carbocycles. The normalized spacial score (nSPS) is 12.2. The van der Waals surface area contributed by atoms with Crippen LogP contribution in [0.5, 0.6) is 0 Å². The minimum Gasteiger partial charge on any atom is -0.323 e. The van der Waals surface area contributed by atoms with Crippen molar-refractivity contribution >= 4 is 23.2 Å². The van der Waals surface area contributed by atoms with Crippen molar-refractivity contribution in [1.82, 2.24) is 14.8 Å². The third-order valence-electron chi connectivity index (χ3n) is 2.67. The molecule has 7 heteroatoms. The first-order valence-electron chi connectivity index (χ1n) is 5.83. The summed E-state index contributed by atoms with van der Waals surface area (Å²) in [6.45, 7) is 1.85. The standard InChI is InChI=1S/C12H14ClN5O/c1-2-9(14)12(19)17-10-5-3-4-8(13)11(10)18-7-15-6-16-18/h3-7,9H,2,14H2,1H3,(H,17,19)/t9-/m0/s1. The van der Waals surface area contributed by atoms with Gasteiger partial charge in [0.15, 0.2) is 0 Å². The van der Waals surface area contributed by atoms with Gasteiger partial charge in [-0.1, -0.05) is 24.6 Å². The topological polar surface area (TPSA) is 85.8 Å². The number of hydrogen-bond donors (Lipinski definition) is 2. The number of halogens is 1. The van der Waals surface area contributed by atoms with Crippen molar-refractivity contribution in [2.24, 2.45) is 5.73 Å². The largest absolute Gasteiger partial charge is 0.323 e. The second-order valence-electron chi connectivity index (χ2n) is 3.98. The van der Waals surface area contributed by atoms with Gasteiger partial charge < -0.3 is 11.1 Å². The maximum absolute atomic E-state index is 11.9. The fourth-order valence-corrected chi connectivity index (χ4v) is 1.84. The molecule has 0 aliphatic rings. The van der Waals surface area contributed by atoms with Gasteiger partial charge in [0.1, 0.15) is 18.3 Å². The first-order chi connectivity index (χ1) is 9.13. The van der Waals surface area contributed by atoms with E-state index in [-0.39, 0.29) is 5.91 Å². The highest BCUT2D eigenvalue weighted by Gasteiger charge is 2.15. The third kappa shape index (κ3) is 2.91. The number of anilines is 1. The molecule has 0 radical (unpaired) electrons. The summed E-state index contributed by atoms with van der Waals surface area (Å²) >= 11 is 6.15. The van der Waals surface area contributed by atoms with Crippen LogP contribution in [0.3, 0.4) is 0 Å². The number of nitrogens with two attached hydrogens (primary N) is 1. The van der Waals surface area contributed by atoms with Crippen molar-refractivity contribution in [2.75, 3.05) is 5.32 Å². The number of para-hydroxylation sites is 1. The van der Waals surface area contributed by atoms with Crippen LogP contribution in [0.25, 0.3) is 5.69 Å².